The van der Waals surface area contributed by atoms with Crippen molar-refractivity contribution in [3.05, 3.63) is 100 Å². The molecular weight excluding hydrogens is 575 g/mol. The van der Waals surface area contributed by atoms with Gasteiger partial charge in [-0.3, -0.25) is 9.69 Å². The van der Waals surface area contributed by atoms with Crippen LogP contribution in [0.1, 0.15) is 72.3 Å². The molecule has 5 nitrogen and oxygen atoms in total. The molecule has 1 fully saturated rings. The summed E-state index contributed by atoms with van der Waals surface area (Å²) in [6.07, 6.45) is 8.97. The van der Waals surface area contributed by atoms with Crippen LogP contribution in [0.15, 0.2) is 88.6 Å². The minimum atomic E-state index is -0.0250. The maximum Gasteiger partial charge on any atom is 0.251 e. The molecule has 1 aliphatic carbocycles. The molecule has 1 unspecified atom stereocenters. The SMILES string of the molecule is C=C(CCCCC)C1=C[C]1C(C)n1c(=O)ccc2ccc(OCCCCN3CCN(c4cccc5sccc45)CC3)cc21.CC. The van der Waals surface area contributed by atoms with Gasteiger partial charge in [-0.1, -0.05) is 57.9 Å². The average molecular weight is 625 g/mol. The van der Waals surface area contributed by atoms with Gasteiger partial charge in [0.05, 0.1) is 12.1 Å². The molecule has 1 radical (unpaired) electrons. The fraction of sp³-hybridized carbons (Fsp3) is 0.436. The van der Waals surface area contributed by atoms with E-state index in [2.05, 4.69) is 72.0 Å². The van der Waals surface area contributed by atoms with Crippen LogP contribution in [0.5, 0.6) is 5.75 Å². The lowest BCUT2D eigenvalue weighted by molar-refractivity contribution is 0.239. The van der Waals surface area contributed by atoms with Crippen molar-refractivity contribution >= 4 is 38.0 Å². The molecule has 6 rings (SSSR count). The van der Waals surface area contributed by atoms with Crippen LogP contribution in [0.3, 0.4) is 0 Å². The van der Waals surface area contributed by atoms with Gasteiger partial charge in [-0.15, -0.1) is 11.3 Å². The Hall–Kier alpha value is -3.35. The third kappa shape index (κ3) is 7.90. The van der Waals surface area contributed by atoms with E-state index in [4.69, 9.17) is 4.74 Å². The molecule has 3 heterocycles. The summed E-state index contributed by atoms with van der Waals surface area (Å²) < 4.78 is 9.49. The van der Waals surface area contributed by atoms with E-state index in [1.165, 1.54) is 52.1 Å². The molecule has 0 spiro atoms. The van der Waals surface area contributed by atoms with Gasteiger partial charge in [0.1, 0.15) is 5.75 Å². The molecule has 0 bridgehead atoms. The highest BCUT2D eigenvalue weighted by molar-refractivity contribution is 7.17. The van der Waals surface area contributed by atoms with Gasteiger partial charge in [0.15, 0.2) is 0 Å². The smallest absolute Gasteiger partial charge is 0.251 e. The highest BCUT2D eigenvalue weighted by atomic mass is 32.1. The Morgan fingerprint density at radius 2 is 1.78 bits per heavy atom. The maximum atomic E-state index is 13.1. The summed E-state index contributed by atoms with van der Waals surface area (Å²) in [5, 5.41) is 4.63. The Balaban J connectivity index is 0.00000196. The van der Waals surface area contributed by atoms with Gasteiger partial charge in [0.2, 0.25) is 0 Å². The van der Waals surface area contributed by atoms with E-state index in [9.17, 15) is 4.79 Å². The van der Waals surface area contributed by atoms with E-state index in [-0.39, 0.29) is 11.6 Å². The van der Waals surface area contributed by atoms with Crippen molar-refractivity contribution in [1.29, 1.82) is 0 Å². The molecule has 2 aromatic heterocycles. The lowest BCUT2D eigenvalue weighted by Gasteiger charge is -2.36. The maximum absolute atomic E-state index is 13.1. The van der Waals surface area contributed by atoms with E-state index in [0.717, 1.165) is 68.6 Å². The Kier molecular flexibility index (Phi) is 11.6. The van der Waals surface area contributed by atoms with Gasteiger partial charge in [0, 0.05) is 66.0 Å². The van der Waals surface area contributed by atoms with Crippen LogP contribution in [0.4, 0.5) is 5.69 Å². The summed E-state index contributed by atoms with van der Waals surface area (Å²) in [5.41, 5.74) is 4.78. The fourth-order valence-electron chi connectivity index (χ4n) is 6.45. The van der Waals surface area contributed by atoms with Gasteiger partial charge in [-0.25, -0.2) is 0 Å². The second-order valence-electron chi connectivity index (χ2n) is 12.0. The second-order valence-corrected chi connectivity index (χ2v) is 13.0. The van der Waals surface area contributed by atoms with Crippen LogP contribution in [0.25, 0.3) is 21.0 Å². The van der Waals surface area contributed by atoms with Crippen LogP contribution in [-0.4, -0.2) is 48.8 Å². The standard InChI is InChI=1S/C37H44N3O2S.C2H6/c1-4-5-6-10-27(2)32-26-33(32)28(3)40-35-25-30(15-13-29(35)14-16-37(40)41)42-23-8-7-18-38-19-21-39(22-20-38)34-11-9-12-36-31(34)17-24-43-36;1-2/h9,11-17,24-26,28H,2,4-8,10,18-23H2,1,3H3;1-2H3. The molecule has 6 heteroatoms. The lowest BCUT2D eigenvalue weighted by Crippen LogP contribution is -2.46. The quantitative estimate of drug-likeness (QED) is 0.131. The Labute approximate surface area is 273 Å². The van der Waals surface area contributed by atoms with Crippen molar-refractivity contribution in [3.8, 4) is 5.75 Å². The monoisotopic (exact) mass is 624 g/mol. The Morgan fingerprint density at radius 3 is 2.58 bits per heavy atom. The van der Waals surface area contributed by atoms with Crippen molar-refractivity contribution in [2.45, 2.75) is 72.3 Å². The molecule has 45 heavy (non-hydrogen) atoms. The number of allylic oxidation sites excluding steroid dienone is 3. The van der Waals surface area contributed by atoms with Gasteiger partial charge < -0.3 is 14.2 Å². The fourth-order valence-corrected chi connectivity index (χ4v) is 7.26. The largest absolute Gasteiger partial charge is 0.494 e. The predicted octanol–water partition coefficient (Wildman–Crippen LogP) is 9.44. The normalized spacial score (nSPS) is 15.9. The lowest BCUT2D eigenvalue weighted by atomic mass is 10.0. The third-order valence-corrected chi connectivity index (χ3v) is 9.94. The number of rotatable bonds is 14. The van der Waals surface area contributed by atoms with Gasteiger partial charge in [-0.2, -0.15) is 0 Å². The predicted molar refractivity (Wildman–Crippen MR) is 194 cm³/mol. The number of pyridine rings is 1. The van der Waals surface area contributed by atoms with E-state index in [0.29, 0.717) is 6.61 Å². The third-order valence-electron chi connectivity index (χ3n) is 9.06. The van der Waals surface area contributed by atoms with Crippen LogP contribution < -0.4 is 15.2 Å². The molecule has 1 aliphatic heterocycles. The molecular formula is C39H50N3O2S. The number of fused-ring (bicyclic) bond motifs is 2. The number of unbranched alkanes of at least 4 members (excludes halogenated alkanes) is 3. The number of hydrogen-bond donors (Lipinski definition) is 0. The zero-order valence-electron chi connectivity index (χ0n) is 27.7. The zero-order chi connectivity index (χ0) is 31.8. The molecule has 239 valence electrons. The van der Waals surface area contributed by atoms with Crippen LogP contribution >= 0.6 is 11.3 Å². The highest BCUT2D eigenvalue weighted by Crippen LogP contribution is 2.46. The molecule has 0 amide bonds. The number of piperazine rings is 1. The number of nitrogens with zero attached hydrogens (tertiary/aromatic N) is 3. The van der Waals surface area contributed by atoms with E-state index >= 15 is 0 Å². The topological polar surface area (TPSA) is 37.7 Å². The van der Waals surface area contributed by atoms with Crippen molar-refractivity contribution < 1.29 is 4.74 Å². The van der Waals surface area contributed by atoms with Crippen molar-refractivity contribution in [3.63, 3.8) is 0 Å². The summed E-state index contributed by atoms with van der Waals surface area (Å²) in [6, 6.07) is 18.6. The summed E-state index contributed by atoms with van der Waals surface area (Å²) >= 11 is 1.82. The Morgan fingerprint density at radius 1 is 0.978 bits per heavy atom. The number of thiophene rings is 1. The van der Waals surface area contributed by atoms with Gasteiger partial charge in [0.25, 0.3) is 5.56 Å². The minimum Gasteiger partial charge on any atom is -0.494 e. The molecule has 1 saturated heterocycles. The number of aromatic nitrogens is 1. The first-order chi connectivity index (χ1) is 22.0. The van der Waals surface area contributed by atoms with Crippen molar-refractivity contribution in [2.75, 3.05) is 44.2 Å². The minimum absolute atomic E-state index is 0.0213. The number of hydrogen-bond acceptors (Lipinski definition) is 5. The average Bonchev–Trinajstić information content (AvgIpc) is 3.73. The zero-order valence-corrected chi connectivity index (χ0v) is 28.5. The summed E-state index contributed by atoms with van der Waals surface area (Å²) in [6.45, 7) is 18.8. The molecule has 1 atom stereocenters. The first-order valence-electron chi connectivity index (χ1n) is 17.0. The summed E-state index contributed by atoms with van der Waals surface area (Å²) in [4.78, 5) is 18.2. The first kappa shape index (κ1) is 33.0. The van der Waals surface area contributed by atoms with Gasteiger partial charge >= 0.3 is 0 Å². The Bertz CT molecular complexity index is 1660. The number of benzene rings is 2. The molecule has 2 aliphatic rings. The van der Waals surface area contributed by atoms with Crippen LogP contribution in [0, 0.1) is 5.92 Å². The molecule has 0 N–H and O–H groups in total. The van der Waals surface area contributed by atoms with E-state index in [1.807, 2.05) is 48.0 Å². The summed E-state index contributed by atoms with van der Waals surface area (Å²) in [7, 11) is 0. The van der Waals surface area contributed by atoms with Crippen LogP contribution in [-0.2, 0) is 0 Å². The number of anilines is 1. The number of ether oxygens (including phenoxy) is 1. The van der Waals surface area contributed by atoms with Gasteiger partial charge in [-0.05, 0) is 91.9 Å². The van der Waals surface area contributed by atoms with E-state index < -0.39 is 0 Å². The van der Waals surface area contributed by atoms with Crippen molar-refractivity contribution in [1.82, 2.24) is 9.47 Å². The van der Waals surface area contributed by atoms with Crippen LogP contribution in [0.2, 0.25) is 0 Å². The molecule has 0 saturated carbocycles. The highest BCUT2D eigenvalue weighted by Gasteiger charge is 2.34. The molecule has 4 aromatic rings. The molecule has 2 aromatic carbocycles. The first-order valence-corrected chi connectivity index (χ1v) is 17.9. The second kappa shape index (κ2) is 15.8. The summed E-state index contributed by atoms with van der Waals surface area (Å²) in [5.74, 6) is 2.06. The van der Waals surface area contributed by atoms with E-state index in [1.54, 1.807) is 6.07 Å². The van der Waals surface area contributed by atoms with Crippen molar-refractivity contribution in [2.24, 2.45) is 0 Å².